The van der Waals surface area contributed by atoms with Crippen LogP contribution in [0.1, 0.15) is 23.2 Å². The Balaban J connectivity index is 1.47. The predicted molar refractivity (Wildman–Crippen MR) is 107 cm³/mol. The van der Waals surface area contributed by atoms with E-state index in [4.69, 9.17) is 16.6 Å². The Bertz CT molecular complexity index is 979. The van der Waals surface area contributed by atoms with Crippen LogP contribution in [0.4, 0.5) is 11.5 Å². The molecule has 3 aliphatic heterocycles. The number of thiophene rings is 2. The van der Waals surface area contributed by atoms with Crippen LogP contribution in [-0.4, -0.2) is 41.0 Å². The van der Waals surface area contributed by atoms with Gasteiger partial charge in [0.2, 0.25) is 0 Å². The maximum absolute atomic E-state index is 12.7. The Hall–Kier alpha value is -1.74. The number of piperazine rings is 1. The van der Waals surface area contributed by atoms with E-state index in [2.05, 4.69) is 20.5 Å². The van der Waals surface area contributed by atoms with Gasteiger partial charge in [-0.25, -0.2) is 9.97 Å². The van der Waals surface area contributed by atoms with Gasteiger partial charge in [0.15, 0.2) is 0 Å². The number of fused-ring (bicyclic) bond motifs is 4. The summed E-state index contributed by atoms with van der Waals surface area (Å²) in [5.74, 6) is 0.652. The molecule has 9 heteroatoms. The molecule has 0 radical (unpaired) electrons. The molecule has 0 aromatic carbocycles. The number of halogens is 1. The van der Waals surface area contributed by atoms with Crippen molar-refractivity contribution in [2.75, 3.05) is 23.3 Å². The molecular formula is C17H16ClN5OS2. The van der Waals surface area contributed by atoms with E-state index in [0.717, 1.165) is 23.7 Å². The maximum atomic E-state index is 12.7. The predicted octanol–water partition coefficient (Wildman–Crippen LogP) is 3.60. The lowest BCUT2D eigenvalue weighted by Crippen LogP contribution is -2.61. The zero-order chi connectivity index (χ0) is 17.7. The lowest BCUT2D eigenvalue weighted by Gasteiger charge is -2.46. The highest BCUT2D eigenvalue weighted by atomic mass is 35.5. The first-order chi connectivity index (χ1) is 12.7. The number of rotatable bonds is 3. The first-order valence-corrected chi connectivity index (χ1v) is 10.6. The van der Waals surface area contributed by atoms with Gasteiger partial charge in [-0.15, -0.1) is 22.7 Å². The minimum atomic E-state index is -0.204. The number of nitrogens with one attached hydrogen (secondary N) is 2. The van der Waals surface area contributed by atoms with Gasteiger partial charge >= 0.3 is 0 Å². The summed E-state index contributed by atoms with van der Waals surface area (Å²) in [4.78, 5) is 25.2. The fourth-order valence-corrected chi connectivity index (χ4v) is 5.32. The fraction of sp³-hybridized carbons (Fsp3) is 0.353. The number of hydrogen-bond donors (Lipinski definition) is 2. The smallest absolute Gasteiger partial charge is 0.258 e. The minimum Gasteiger partial charge on any atom is -0.349 e. The molecule has 6 rings (SSSR count). The van der Waals surface area contributed by atoms with Crippen molar-refractivity contribution in [2.24, 2.45) is 0 Å². The molecule has 0 aliphatic carbocycles. The summed E-state index contributed by atoms with van der Waals surface area (Å²) in [6.07, 6.45) is 4.21. The van der Waals surface area contributed by atoms with Crippen molar-refractivity contribution in [2.45, 2.75) is 24.9 Å². The summed E-state index contributed by atoms with van der Waals surface area (Å²) in [5, 5.41) is 10.1. The second kappa shape index (κ2) is 6.45. The first kappa shape index (κ1) is 16.4. The lowest BCUT2D eigenvalue weighted by atomic mass is 9.93. The van der Waals surface area contributed by atoms with Crippen LogP contribution >= 0.6 is 34.3 Å². The van der Waals surface area contributed by atoms with Gasteiger partial charge in [0.25, 0.3) is 5.91 Å². The molecule has 2 N–H and O–H groups in total. The molecule has 3 aliphatic rings. The molecule has 3 fully saturated rings. The monoisotopic (exact) mass is 405 g/mol. The molecule has 2 unspecified atom stereocenters. The molecule has 1 amide bonds. The van der Waals surface area contributed by atoms with Crippen molar-refractivity contribution < 1.29 is 4.79 Å². The van der Waals surface area contributed by atoms with Gasteiger partial charge in [0, 0.05) is 30.6 Å². The van der Waals surface area contributed by atoms with E-state index in [1.807, 2.05) is 17.0 Å². The van der Waals surface area contributed by atoms with Crippen LogP contribution in [0, 0.1) is 0 Å². The van der Waals surface area contributed by atoms with E-state index in [-0.39, 0.29) is 5.91 Å². The topological polar surface area (TPSA) is 70.2 Å². The van der Waals surface area contributed by atoms with Crippen LogP contribution in [0.25, 0.3) is 10.3 Å². The summed E-state index contributed by atoms with van der Waals surface area (Å²) in [7, 11) is 0. The maximum Gasteiger partial charge on any atom is 0.258 e. The van der Waals surface area contributed by atoms with Crippen LogP contribution in [0.3, 0.4) is 0 Å². The number of aromatic nitrogens is 2. The largest absolute Gasteiger partial charge is 0.349 e. The number of anilines is 2. The number of piperidine rings is 2. The average molecular weight is 406 g/mol. The third-order valence-electron chi connectivity index (χ3n) is 5.02. The zero-order valence-corrected chi connectivity index (χ0v) is 16.1. The normalized spacial score (nSPS) is 22.1. The fourth-order valence-electron chi connectivity index (χ4n) is 3.66. The molecule has 2 atom stereocenters. The van der Waals surface area contributed by atoms with E-state index in [1.54, 1.807) is 6.07 Å². The molecule has 3 saturated heterocycles. The van der Waals surface area contributed by atoms with E-state index in [9.17, 15) is 4.79 Å². The molecule has 3 aromatic heterocycles. The Morgan fingerprint density at radius 1 is 1.38 bits per heavy atom. The number of amides is 1. The number of nitrogens with zero attached hydrogens (tertiary/aromatic N) is 3. The molecule has 26 heavy (non-hydrogen) atoms. The summed E-state index contributed by atoms with van der Waals surface area (Å²) >= 11 is 8.91. The Labute approximate surface area is 163 Å². The second-order valence-electron chi connectivity index (χ2n) is 6.58. The van der Waals surface area contributed by atoms with E-state index in [1.165, 1.54) is 35.5 Å². The highest BCUT2D eigenvalue weighted by Gasteiger charge is 2.34. The van der Waals surface area contributed by atoms with Crippen molar-refractivity contribution in [3.63, 3.8) is 0 Å². The van der Waals surface area contributed by atoms with Crippen molar-refractivity contribution >= 4 is 62.0 Å². The number of hydrogen-bond acceptors (Lipinski definition) is 7. The highest BCUT2D eigenvalue weighted by molar-refractivity contribution is 7.17. The second-order valence-corrected chi connectivity index (χ2v) is 8.96. The summed E-state index contributed by atoms with van der Waals surface area (Å²) < 4.78 is 0.571. The van der Waals surface area contributed by atoms with Crippen LogP contribution in [0.15, 0.2) is 23.0 Å². The Morgan fingerprint density at radius 3 is 3.00 bits per heavy atom. The van der Waals surface area contributed by atoms with Gasteiger partial charge in [-0.1, -0.05) is 11.6 Å². The molecule has 0 spiro atoms. The van der Waals surface area contributed by atoms with Crippen molar-refractivity contribution in [1.29, 1.82) is 0 Å². The van der Waals surface area contributed by atoms with Crippen LogP contribution in [0.2, 0.25) is 4.34 Å². The minimum absolute atomic E-state index is 0.204. The summed E-state index contributed by atoms with van der Waals surface area (Å²) in [6.45, 7) is 1.93. The van der Waals surface area contributed by atoms with Gasteiger partial charge in [0.05, 0.1) is 17.4 Å². The Morgan fingerprint density at radius 2 is 2.31 bits per heavy atom. The zero-order valence-electron chi connectivity index (χ0n) is 13.7. The molecule has 6 heterocycles. The van der Waals surface area contributed by atoms with Crippen LogP contribution < -0.4 is 15.5 Å². The van der Waals surface area contributed by atoms with Crippen molar-refractivity contribution in [3.05, 3.63) is 32.9 Å². The molecule has 0 saturated carbocycles. The van der Waals surface area contributed by atoms with E-state index in [0.29, 0.717) is 33.2 Å². The van der Waals surface area contributed by atoms with Crippen LogP contribution in [0.5, 0.6) is 0 Å². The molecule has 134 valence electrons. The lowest BCUT2D eigenvalue weighted by molar-refractivity contribution is 0.102. The summed E-state index contributed by atoms with van der Waals surface area (Å²) in [5.41, 5.74) is 1.83. The van der Waals surface area contributed by atoms with Gasteiger partial charge in [-0.2, -0.15) is 0 Å². The van der Waals surface area contributed by atoms with Crippen molar-refractivity contribution in [3.8, 4) is 0 Å². The van der Waals surface area contributed by atoms with Gasteiger partial charge in [0.1, 0.15) is 20.5 Å². The van der Waals surface area contributed by atoms with E-state index < -0.39 is 0 Å². The SMILES string of the molecule is O=C(Nc1ccsc1Cl)c1csc2ncc(N3CC4CCC3CN4)nc12. The molecular weight excluding hydrogens is 390 g/mol. The first-order valence-electron chi connectivity index (χ1n) is 8.47. The van der Waals surface area contributed by atoms with Gasteiger partial charge in [-0.3, -0.25) is 4.79 Å². The molecule has 3 aromatic rings. The van der Waals surface area contributed by atoms with E-state index >= 15 is 0 Å². The molecule has 2 bridgehead atoms. The Kier molecular flexibility index (Phi) is 4.08. The van der Waals surface area contributed by atoms with Gasteiger partial charge in [-0.05, 0) is 24.3 Å². The molecule has 6 nitrogen and oxygen atoms in total. The number of carbonyl (C=O) groups is 1. The summed E-state index contributed by atoms with van der Waals surface area (Å²) in [6, 6.07) is 2.77. The third kappa shape index (κ3) is 2.77. The average Bonchev–Trinajstić information content (AvgIpc) is 3.28. The quantitative estimate of drug-likeness (QED) is 0.696. The van der Waals surface area contributed by atoms with Crippen molar-refractivity contribution in [1.82, 2.24) is 15.3 Å². The number of carbonyl (C=O) groups excluding carboxylic acids is 1. The standard InChI is InChI=1S/C17H16ClN5OS2/c18-15-12(3-4-25-15)21-16(24)11-8-26-17-14(11)22-13(6-20-17)23-7-9-1-2-10(23)5-19-9/h3-4,6,8-10,19H,1-2,5,7H2,(H,21,24). The van der Waals surface area contributed by atoms with Crippen LogP contribution in [-0.2, 0) is 0 Å². The van der Waals surface area contributed by atoms with Gasteiger partial charge < -0.3 is 15.5 Å². The third-order valence-corrected chi connectivity index (χ3v) is 7.07. The highest BCUT2D eigenvalue weighted by Crippen LogP contribution is 2.32.